The van der Waals surface area contributed by atoms with Gasteiger partial charge in [-0.15, -0.1) is 0 Å². The molecular weight excluding hydrogens is 865 g/mol. The molecule has 1 atom stereocenters. The third-order valence-electron chi connectivity index (χ3n) is 14.9. The maximum Gasteiger partial charge on any atom is 0.306 e. The highest BCUT2D eigenvalue weighted by atomic mass is 16.6. The molecule has 0 spiro atoms. The Morgan fingerprint density at radius 1 is 0.229 bits per heavy atom. The van der Waals surface area contributed by atoms with Crippen molar-refractivity contribution in [1.82, 2.24) is 0 Å². The number of ether oxygens (including phenoxy) is 3. The standard InChI is InChI=1S/C64H124O6/c1-4-7-10-13-16-19-22-25-27-28-29-30-31-32-33-34-35-36-37-38-40-42-45-48-51-54-57-63(66)69-60-61(59-68-62(65)56-53-50-47-44-41-24-21-18-15-12-9-6-3)70-64(67)58-55-52-49-46-43-39-26-23-20-17-14-11-8-5-2/h61H,4-60H2,1-3H3. The minimum Gasteiger partial charge on any atom is -0.462 e. The maximum absolute atomic E-state index is 12.9. The van der Waals surface area contributed by atoms with Crippen LogP contribution >= 0.6 is 0 Å². The summed E-state index contributed by atoms with van der Waals surface area (Å²) in [6, 6.07) is 0. The number of rotatable bonds is 60. The molecule has 6 heteroatoms. The molecule has 0 rings (SSSR count). The van der Waals surface area contributed by atoms with Gasteiger partial charge in [0.2, 0.25) is 0 Å². The van der Waals surface area contributed by atoms with Crippen LogP contribution in [0.4, 0.5) is 0 Å². The van der Waals surface area contributed by atoms with Crippen LogP contribution in [0.1, 0.15) is 374 Å². The average molecular weight is 990 g/mol. The van der Waals surface area contributed by atoms with Crippen LogP contribution < -0.4 is 0 Å². The van der Waals surface area contributed by atoms with E-state index in [1.807, 2.05) is 0 Å². The highest BCUT2D eigenvalue weighted by molar-refractivity contribution is 5.71. The fourth-order valence-electron chi connectivity index (χ4n) is 10.0. The second-order valence-corrected chi connectivity index (χ2v) is 22.1. The van der Waals surface area contributed by atoms with E-state index in [-0.39, 0.29) is 31.1 Å². The maximum atomic E-state index is 12.9. The normalized spacial score (nSPS) is 11.9. The molecule has 0 aromatic rings. The van der Waals surface area contributed by atoms with Crippen LogP contribution in [0.3, 0.4) is 0 Å². The smallest absolute Gasteiger partial charge is 0.306 e. The van der Waals surface area contributed by atoms with Gasteiger partial charge in [0.25, 0.3) is 0 Å². The molecule has 0 aromatic carbocycles. The molecule has 70 heavy (non-hydrogen) atoms. The van der Waals surface area contributed by atoms with Gasteiger partial charge in [0, 0.05) is 19.3 Å². The van der Waals surface area contributed by atoms with Crippen LogP contribution in [0.15, 0.2) is 0 Å². The molecule has 0 radical (unpaired) electrons. The van der Waals surface area contributed by atoms with Crippen LogP contribution in [0.5, 0.6) is 0 Å². The third kappa shape index (κ3) is 57.3. The van der Waals surface area contributed by atoms with Gasteiger partial charge in [-0.05, 0) is 19.3 Å². The minimum absolute atomic E-state index is 0.0608. The summed E-state index contributed by atoms with van der Waals surface area (Å²) in [5, 5.41) is 0. The van der Waals surface area contributed by atoms with Crippen molar-refractivity contribution < 1.29 is 28.6 Å². The minimum atomic E-state index is -0.761. The summed E-state index contributed by atoms with van der Waals surface area (Å²) in [5.41, 5.74) is 0. The zero-order valence-electron chi connectivity index (χ0n) is 47.8. The van der Waals surface area contributed by atoms with Gasteiger partial charge >= 0.3 is 17.9 Å². The van der Waals surface area contributed by atoms with E-state index in [0.717, 1.165) is 57.8 Å². The number of esters is 3. The van der Waals surface area contributed by atoms with E-state index in [9.17, 15) is 14.4 Å². The van der Waals surface area contributed by atoms with Gasteiger partial charge in [-0.3, -0.25) is 14.4 Å². The topological polar surface area (TPSA) is 78.9 Å². The van der Waals surface area contributed by atoms with Crippen LogP contribution in [0.2, 0.25) is 0 Å². The Balaban J connectivity index is 4.13. The van der Waals surface area contributed by atoms with Gasteiger partial charge < -0.3 is 14.2 Å². The highest BCUT2D eigenvalue weighted by Crippen LogP contribution is 2.19. The lowest BCUT2D eigenvalue weighted by Gasteiger charge is -2.18. The first-order chi connectivity index (χ1) is 34.5. The summed E-state index contributed by atoms with van der Waals surface area (Å²) in [6.45, 7) is 6.71. The lowest BCUT2D eigenvalue weighted by molar-refractivity contribution is -0.167. The number of hydrogen-bond donors (Lipinski definition) is 0. The average Bonchev–Trinajstić information content (AvgIpc) is 3.36. The molecule has 1 unspecified atom stereocenters. The van der Waals surface area contributed by atoms with E-state index in [1.165, 1.54) is 276 Å². The van der Waals surface area contributed by atoms with E-state index in [1.54, 1.807) is 0 Å². The summed E-state index contributed by atoms with van der Waals surface area (Å²) in [6.07, 6.45) is 68.3. The van der Waals surface area contributed by atoms with Gasteiger partial charge in [-0.2, -0.15) is 0 Å². The van der Waals surface area contributed by atoms with Gasteiger partial charge in [-0.25, -0.2) is 0 Å². The molecule has 0 aliphatic heterocycles. The predicted molar refractivity (Wildman–Crippen MR) is 303 cm³/mol. The third-order valence-corrected chi connectivity index (χ3v) is 14.9. The van der Waals surface area contributed by atoms with Crippen molar-refractivity contribution in [2.24, 2.45) is 0 Å². The molecular formula is C64H124O6. The molecule has 0 N–H and O–H groups in total. The molecule has 0 saturated heterocycles. The second kappa shape index (κ2) is 60.0. The SMILES string of the molecule is CCCCCCCCCCCCCCCCCCCCCCCCCCCCC(=O)OCC(COC(=O)CCCCCCCCCCCCCC)OC(=O)CCCCCCCCCCCCCCCC. The van der Waals surface area contributed by atoms with E-state index in [4.69, 9.17) is 14.2 Å². The molecule has 0 amide bonds. The summed E-state index contributed by atoms with van der Waals surface area (Å²) >= 11 is 0. The molecule has 416 valence electrons. The molecule has 0 saturated carbocycles. The molecule has 0 aliphatic carbocycles. The lowest BCUT2D eigenvalue weighted by Crippen LogP contribution is -2.30. The van der Waals surface area contributed by atoms with Crippen LogP contribution in [0.25, 0.3) is 0 Å². The van der Waals surface area contributed by atoms with Crippen molar-refractivity contribution in [3.05, 3.63) is 0 Å². The fourth-order valence-corrected chi connectivity index (χ4v) is 10.0. The Hall–Kier alpha value is -1.59. The monoisotopic (exact) mass is 989 g/mol. The van der Waals surface area contributed by atoms with Crippen molar-refractivity contribution in [2.75, 3.05) is 13.2 Å². The quantitative estimate of drug-likeness (QED) is 0.0343. The predicted octanol–water partition coefficient (Wildman–Crippen LogP) is 21.5. The van der Waals surface area contributed by atoms with Crippen LogP contribution in [-0.2, 0) is 28.6 Å². The van der Waals surface area contributed by atoms with E-state index < -0.39 is 6.10 Å². The van der Waals surface area contributed by atoms with E-state index >= 15 is 0 Å². The van der Waals surface area contributed by atoms with E-state index in [0.29, 0.717) is 19.3 Å². The Morgan fingerprint density at radius 2 is 0.386 bits per heavy atom. The van der Waals surface area contributed by atoms with Crippen LogP contribution in [0, 0.1) is 0 Å². The summed E-state index contributed by atoms with van der Waals surface area (Å²) in [7, 11) is 0. The van der Waals surface area contributed by atoms with Gasteiger partial charge in [-0.1, -0.05) is 335 Å². The second-order valence-electron chi connectivity index (χ2n) is 22.1. The Morgan fingerprint density at radius 3 is 0.571 bits per heavy atom. The van der Waals surface area contributed by atoms with Crippen molar-refractivity contribution in [2.45, 2.75) is 380 Å². The fraction of sp³-hybridized carbons (Fsp3) is 0.953. The van der Waals surface area contributed by atoms with Crippen molar-refractivity contribution >= 4 is 17.9 Å². The molecule has 6 nitrogen and oxygen atoms in total. The number of hydrogen-bond acceptors (Lipinski definition) is 6. The molecule has 0 aliphatic rings. The summed E-state index contributed by atoms with van der Waals surface area (Å²) in [5.74, 6) is -0.829. The zero-order valence-corrected chi connectivity index (χ0v) is 47.8. The Kier molecular flexibility index (Phi) is 58.6. The van der Waals surface area contributed by atoms with Crippen LogP contribution in [-0.4, -0.2) is 37.2 Å². The van der Waals surface area contributed by atoms with Crippen molar-refractivity contribution in [3.8, 4) is 0 Å². The Bertz CT molecular complexity index is 1040. The molecule has 0 fully saturated rings. The van der Waals surface area contributed by atoms with Gasteiger partial charge in [0.15, 0.2) is 6.10 Å². The molecule has 0 aromatic heterocycles. The highest BCUT2D eigenvalue weighted by Gasteiger charge is 2.19. The first kappa shape index (κ1) is 68.4. The molecule has 0 heterocycles. The van der Waals surface area contributed by atoms with Crippen molar-refractivity contribution in [1.29, 1.82) is 0 Å². The van der Waals surface area contributed by atoms with Gasteiger partial charge in [0.05, 0.1) is 0 Å². The first-order valence-electron chi connectivity index (χ1n) is 32.0. The lowest BCUT2D eigenvalue weighted by atomic mass is 10.0. The Labute approximate surface area is 438 Å². The first-order valence-corrected chi connectivity index (χ1v) is 32.0. The van der Waals surface area contributed by atoms with E-state index in [2.05, 4.69) is 20.8 Å². The van der Waals surface area contributed by atoms with Crippen molar-refractivity contribution in [3.63, 3.8) is 0 Å². The number of carbonyl (C=O) groups is 3. The van der Waals surface area contributed by atoms with Gasteiger partial charge in [0.1, 0.15) is 13.2 Å². The number of unbranched alkanes of at least 4 members (excludes halogenated alkanes) is 49. The largest absolute Gasteiger partial charge is 0.462 e. The number of carbonyl (C=O) groups excluding carboxylic acids is 3. The zero-order chi connectivity index (χ0) is 50.7. The molecule has 0 bridgehead atoms. The summed E-state index contributed by atoms with van der Waals surface area (Å²) < 4.78 is 16.9. The summed E-state index contributed by atoms with van der Waals surface area (Å²) in [4.78, 5) is 38.2.